The normalized spacial score (nSPS) is 23.8. The van der Waals surface area contributed by atoms with E-state index in [1.54, 1.807) is 0 Å². The molecule has 0 spiro atoms. The smallest absolute Gasteiger partial charge is 0.407 e. The van der Waals surface area contributed by atoms with E-state index in [0.29, 0.717) is 6.07 Å². The Morgan fingerprint density at radius 2 is 2.12 bits per heavy atom. The molecular formula is C15H16ClF3N2O4. The second-order valence-electron chi connectivity index (χ2n) is 6.14. The Balaban J connectivity index is 2.39. The van der Waals surface area contributed by atoms with Crippen molar-refractivity contribution in [1.29, 1.82) is 0 Å². The van der Waals surface area contributed by atoms with Gasteiger partial charge in [0.05, 0.1) is 16.7 Å². The third kappa shape index (κ3) is 3.81. The molecule has 2 heterocycles. The molecule has 0 radical (unpaired) electrons. The van der Waals surface area contributed by atoms with Gasteiger partial charge in [-0.05, 0) is 25.8 Å². The largest absolute Gasteiger partial charge is 0.481 e. The van der Waals surface area contributed by atoms with Gasteiger partial charge < -0.3 is 15.1 Å². The highest BCUT2D eigenvalue weighted by Gasteiger charge is 2.46. The van der Waals surface area contributed by atoms with Crippen LogP contribution in [-0.2, 0) is 11.2 Å². The fourth-order valence-corrected chi connectivity index (χ4v) is 3.43. The van der Waals surface area contributed by atoms with Gasteiger partial charge in [0.25, 0.3) is 6.43 Å². The third-order valence-corrected chi connectivity index (χ3v) is 4.71. The molecule has 10 heteroatoms. The fourth-order valence-electron chi connectivity index (χ4n) is 3.21. The first kappa shape index (κ1) is 19.3. The second kappa shape index (κ2) is 7.07. The lowest BCUT2D eigenvalue weighted by Crippen LogP contribution is -2.51. The predicted octanol–water partition coefficient (Wildman–Crippen LogP) is 3.59. The highest BCUT2D eigenvalue weighted by Crippen LogP contribution is 2.39. The van der Waals surface area contributed by atoms with Crippen molar-refractivity contribution in [1.82, 2.24) is 9.88 Å². The van der Waals surface area contributed by atoms with Gasteiger partial charge in [0.15, 0.2) is 5.82 Å². The minimum atomic E-state index is -3.12. The maximum absolute atomic E-state index is 14.3. The molecule has 138 valence electrons. The van der Waals surface area contributed by atoms with Gasteiger partial charge in [-0.1, -0.05) is 11.6 Å². The number of carbonyl (C=O) groups is 2. The van der Waals surface area contributed by atoms with Crippen LogP contribution < -0.4 is 0 Å². The van der Waals surface area contributed by atoms with Crippen LogP contribution in [0.15, 0.2) is 6.07 Å². The Morgan fingerprint density at radius 3 is 2.60 bits per heavy atom. The molecule has 1 aromatic heterocycles. The Kier molecular flexibility index (Phi) is 5.46. The average molecular weight is 381 g/mol. The molecule has 2 rings (SSSR count). The zero-order chi connectivity index (χ0) is 18.9. The predicted molar refractivity (Wildman–Crippen MR) is 81.4 cm³/mol. The Labute approximate surface area is 146 Å². The summed E-state index contributed by atoms with van der Waals surface area (Å²) in [6.45, 7) is 1.48. The number of carboxylic acid groups (broad SMARTS) is 2. The van der Waals surface area contributed by atoms with Gasteiger partial charge in [-0.15, -0.1) is 0 Å². The van der Waals surface area contributed by atoms with Crippen molar-refractivity contribution in [2.45, 2.75) is 38.7 Å². The number of piperidine rings is 1. The molecule has 1 aliphatic heterocycles. The van der Waals surface area contributed by atoms with Crippen molar-refractivity contribution in [2.75, 3.05) is 6.54 Å². The van der Waals surface area contributed by atoms with Crippen molar-refractivity contribution in [3.63, 3.8) is 0 Å². The van der Waals surface area contributed by atoms with Gasteiger partial charge in [0.1, 0.15) is 5.15 Å². The highest BCUT2D eigenvalue weighted by molar-refractivity contribution is 6.29. The summed E-state index contributed by atoms with van der Waals surface area (Å²) in [5, 5.41) is 18.4. The van der Waals surface area contributed by atoms with Gasteiger partial charge in [0, 0.05) is 19.0 Å². The van der Waals surface area contributed by atoms with Crippen molar-refractivity contribution in [3.05, 3.63) is 28.3 Å². The molecule has 6 nitrogen and oxygen atoms in total. The van der Waals surface area contributed by atoms with Gasteiger partial charge in [0.2, 0.25) is 0 Å². The Bertz CT molecular complexity index is 704. The number of rotatable bonds is 4. The summed E-state index contributed by atoms with van der Waals surface area (Å²) in [7, 11) is 0. The van der Waals surface area contributed by atoms with Crippen molar-refractivity contribution < 1.29 is 33.0 Å². The van der Waals surface area contributed by atoms with Crippen LogP contribution in [0.5, 0.6) is 0 Å². The summed E-state index contributed by atoms with van der Waals surface area (Å²) in [5.41, 5.74) is -2.91. The standard InChI is InChI=1S/C15H16ClF3N2O4/c1-7-5-15(13(22)23,2-3-21(7)14(24)25)6-9-11(17)8(12(18)19)4-10(16)20-9/h4,7,12H,2-3,5-6H2,1H3,(H,22,23)(H,24,25)/t7-,15-/m1/s1. The van der Waals surface area contributed by atoms with Gasteiger partial charge in [-0.25, -0.2) is 22.9 Å². The number of likely N-dealkylation sites (tertiary alicyclic amines) is 1. The number of hydrogen-bond acceptors (Lipinski definition) is 3. The number of carboxylic acids is 1. The average Bonchev–Trinajstić information content (AvgIpc) is 2.49. The molecule has 0 aromatic carbocycles. The molecule has 2 N–H and O–H groups in total. The number of amides is 1. The lowest BCUT2D eigenvalue weighted by Gasteiger charge is -2.42. The summed E-state index contributed by atoms with van der Waals surface area (Å²) >= 11 is 5.66. The van der Waals surface area contributed by atoms with Crippen LogP contribution in [0.1, 0.15) is 37.4 Å². The number of alkyl halides is 2. The number of nitrogens with zero attached hydrogens (tertiary/aromatic N) is 2. The van der Waals surface area contributed by atoms with E-state index in [1.165, 1.54) is 6.92 Å². The summed E-state index contributed by atoms with van der Waals surface area (Å²) in [4.78, 5) is 27.7. The molecular weight excluding hydrogens is 365 g/mol. The van der Waals surface area contributed by atoms with E-state index in [-0.39, 0.29) is 24.5 Å². The first-order valence-electron chi connectivity index (χ1n) is 7.43. The molecule has 0 aliphatic carbocycles. The van der Waals surface area contributed by atoms with Crippen LogP contribution in [0.4, 0.5) is 18.0 Å². The minimum Gasteiger partial charge on any atom is -0.481 e. The SMILES string of the molecule is C[C@@H]1C[C@](Cc2nc(Cl)cc(C(F)F)c2F)(C(=O)O)CCN1C(=O)O. The zero-order valence-electron chi connectivity index (χ0n) is 13.2. The fraction of sp³-hybridized carbons (Fsp3) is 0.533. The molecule has 1 aromatic rings. The summed E-state index contributed by atoms with van der Waals surface area (Å²) in [5.74, 6) is -2.54. The number of pyridine rings is 1. The highest BCUT2D eigenvalue weighted by atomic mass is 35.5. The number of aromatic nitrogens is 1. The quantitative estimate of drug-likeness (QED) is 0.779. The Hall–Kier alpha value is -2.03. The van der Waals surface area contributed by atoms with Crippen LogP contribution in [0.2, 0.25) is 5.15 Å². The number of aliphatic carboxylic acids is 1. The van der Waals surface area contributed by atoms with Crippen LogP contribution in [-0.4, -0.2) is 44.7 Å². The van der Waals surface area contributed by atoms with Crippen LogP contribution in [0, 0.1) is 11.2 Å². The zero-order valence-corrected chi connectivity index (χ0v) is 13.9. The maximum atomic E-state index is 14.3. The van der Waals surface area contributed by atoms with E-state index in [1.807, 2.05) is 0 Å². The lowest BCUT2D eigenvalue weighted by atomic mass is 9.72. The lowest BCUT2D eigenvalue weighted by molar-refractivity contribution is -0.153. The summed E-state index contributed by atoms with van der Waals surface area (Å²) in [6, 6.07) is 0.0768. The summed E-state index contributed by atoms with van der Waals surface area (Å²) in [6.07, 6.45) is -4.93. The van der Waals surface area contributed by atoms with Gasteiger partial charge in [-0.2, -0.15) is 0 Å². The second-order valence-corrected chi connectivity index (χ2v) is 6.52. The van der Waals surface area contributed by atoms with Crippen molar-refractivity contribution in [3.8, 4) is 0 Å². The molecule has 1 aliphatic rings. The van der Waals surface area contributed by atoms with E-state index in [0.717, 1.165) is 4.90 Å². The molecule has 2 atom stereocenters. The topological polar surface area (TPSA) is 90.7 Å². The molecule has 1 saturated heterocycles. The van der Waals surface area contributed by atoms with E-state index in [9.17, 15) is 27.9 Å². The van der Waals surface area contributed by atoms with E-state index < -0.39 is 53.4 Å². The molecule has 0 bridgehead atoms. The van der Waals surface area contributed by atoms with Crippen LogP contribution >= 0.6 is 11.6 Å². The maximum Gasteiger partial charge on any atom is 0.407 e. The first-order chi connectivity index (χ1) is 11.6. The molecule has 25 heavy (non-hydrogen) atoms. The van der Waals surface area contributed by atoms with Gasteiger partial charge in [-0.3, -0.25) is 4.79 Å². The Morgan fingerprint density at radius 1 is 1.48 bits per heavy atom. The van der Waals surface area contributed by atoms with Crippen molar-refractivity contribution in [2.24, 2.45) is 5.41 Å². The minimum absolute atomic E-state index is 0.0628. The van der Waals surface area contributed by atoms with Crippen molar-refractivity contribution >= 4 is 23.7 Å². The van der Waals surface area contributed by atoms with E-state index in [2.05, 4.69) is 4.98 Å². The molecule has 0 unspecified atom stereocenters. The summed E-state index contributed by atoms with van der Waals surface area (Å²) < 4.78 is 40.1. The molecule has 0 saturated carbocycles. The number of halogens is 4. The van der Waals surface area contributed by atoms with Crippen LogP contribution in [0.3, 0.4) is 0 Å². The third-order valence-electron chi connectivity index (χ3n) is 4.51. The van der Waals surface area contributed by atoms with E-state index >= 15 is 0 Å². The number of hydrogen-bond donors (Lipinski definition) is 2. The molecule has 1 amide bonds. The van der Waals surface area contributed by atoms with E-state index in [4.69, 9.17) is 16.7 Å². The first-order valence-corrected chi connectivity index (χ1v) is 7.81. The monoisotopic (exact) mass is 380 g/mol. The van der Waals surface area contributed by atoms with Gasteiger partial charge >= 0.3 is 12.1 Å². The molecule has 1 fully saturated rings. The van der Waals surface area contributed by atoms with Crippen LogP contribution in [0.25, 0.3) is 0 Å².